The molecule has 18 heavy (non-hydrogen) atoms. The summed E-state index contributed by atoms with van der Waals surface area (Å²) in [6.07, 6.45) is 0. The highest BCUT2D eigenvalue weighted by molar-refractivity contribution is 5.92. The largest absolute Gasteiger partial charge is 0.497 e. The first-order valence-electron chi connectivity index (χ1n) is 6.04. The molecule has 1 amide bonds. The molecule has 1 aliphatic heterocycles. The summed E-state index contributed by atoms with van der Waals surface area (Å²) in [5.41, 5.74) is 0.763. The fourth-order valence-corrected chi connectivity index (χ4v) is 1.84. The van der Waals surface area contributed by atoms with Gasteiger partial charge in [0.05, 0.1) is 13.7 Å². The smallest absolute Gasteiger partial charge is 0.238 e. The van der Waals surface area contributed by atoms with Crippen LogP contribution in [0, 0.1) is 0 Å². The third kappa shape index (κ3) is 3.21. The fraction of sp³-hybridized carbons (Fsp3) is 0.462. The second-order valence-electron chi connectivity index (χ2n) is 4.51. The van der Waals surface area contributed by atoms with Crippen molar-refractivity contribution in [3.63, 3.8) is 0 Å². The van der Waals surface area contributed by atoms with Crippen molar-refractivity contribution in [1.29, 1.82) is 0 Å². The Balaban J connectivity index is 1.85. The Kier molecular flexibility index (Phi) is 4.17. The first-order chi connectivity index (χ1) is 8.69. The van der Waals surface area contributed by atoms with Gasteiger partial charge in [-0.2, -0.15) is 0 Å². The molecule has 0 radical (unpaired) electrons. The van der Waals surface area contributed by atoms with Crippen LogP contribution in [0.25, 0.3) is 0 Å². The molecule has 5 heteroatoms. The number of nitrogens with one attached hydrogen (secondary N) is 2. The fourth-order valence-electron chi connectivity index (χ4n) is 1.84. The summed E-state index contributed by atoms with van der Waals surface area (Å²) in [5, 5.41) is 6.06. The highest BCUT2D eigenvalue weighted by Gasteiger charge is 2.22. The molecule has 0 bridgehead atoms. The molecule has 1 aromatic rings. The van der Waals surface area contributed by atoms with Crippen LogP contribution in [-0.2, 0) is 4.79 Å². The maximum atomic E-state index is 11.9. The minimum absolute atomic E-state index is 0.00217. The monoisotopic (exact) mass is 249 g/mol. The Bertz CT molecular complexity index is 418. The summed E-state index contributed by atoms with van der Waals surface area (Å²) in [6, 6.07) is 7.84. The summed E-state index contributed by atoms with van der Waals surface area (Å²) in [4.78, 5) is 13.9. The zero-order chi connectivity index (χ0) is 13.0. The van der Waals surface area contributed by atoms with Gasteiger partial charge in [0.15, 0.2) is 0 Å². The van der Waals surface area contributed by atoms with Crippen molar-refractivity contribution in [3.05, 3.63) is 24.3 Å². The lowest BCUT2D eigenvalue weighted by Crippen LogP contribution is -2.57. The number of nitrogens with zero attached hydrogens (tertiary/aromatic N) is 1. The molecule has 0 aromatic heterocycles. The van der Waals surface area contributed by atoms with Crippen LogP contribution in [-0.4, -0.2) is 50.6 Å². The summed E-state index contributed by atoms with van der Waals surface area (Å²) >= 11 is 0. The lowest BCUT2D eigenvalue weighted by Gasteiger charge is -2.35. The van der Waals surface area contributed by atoms with Crippen LogP contribution in [0.5, 0.6) is 5.75 Å². The Hall–Kier alpha value is -1.59. The highest BCUT2D eigenvalue weighted by Crippen LogP contribution is 2.16. The molecular formula is C13H19N3O2. The number of rotatable bonds is 5. The molecule has 1 heterocycles. The van der Waals surface area contributed by atoms with Crippen molar-refractivity contribution in [1.82, 2.24) is 10.2 Å². The standard InChI is InChI=1S/C13H19N3O2/c1-16(11-7-14-8-11)9-13(17)15-10-4-3-5-12(6-10)18-2/h3-6,11,14H,7-9H2,1-2H3,(H,15,17). The number of hydrogen-bond acceptors (Lipinski definition) is 4. The number of carbonyl (C=O) groups is 1. The molecule has 1 fully saturated rings. The molecule has 0 saturated carbocycles. The molecule has 1 saturated heterocycles. The number of methoxy groups -OCH3 is 1. The summed E-state index contributed by atoms with van der Waals surface area (Å²) in [6.45, 7) is 2.33. The van der Waals surface area contributed by atoms with E-state index in [1.807, 2.05) is 31.3 Å². The summed E-state index contributed by atoms with van der Waals surface area (Å²) in [5.74, 6) is 0.738. The minimum atomic E-state index is -0.00217. The molecule has 0 aliphatic carbocycles. The third-order valence-electron chi connectivity index (χ3n) is 3.13. The molecule has 0 spiro atoms. The quantitative estimate of drug-likeness (QED) is 0.799. The SMILES string of the molecule is COc1cccc(NC(=O)CN(C)C2CNC2)c1. The second-order valence-corrected chi connectivity index (χ2v) is 4.51. The number of anilines is 1. The van der Waals surface area contributed by atoms with Crippen LogP contribution >= 0.6 is 0 Å². The third-order valence-corrected chi connectivity index (χ3v) is 3.13. The molecule has 98 valence electrons. The molecule has 0 unspecified atom stereocenters. The molecule has 0 atom stereocenters. The van der Waals surface area contributed by atoms with E-state index in [1.165, 1.54) is 0 Å². The number of amides is 1. The van der Waals surface area contributed by atoms with Gasteiger partial charge < -0.3 is 15.4 Å². The average molecular weight is 249 g/mol. The van der Waals surface area contributed by atoms with Crippen molar-refractivity contribution in [2.45, 2.75) is 6.04 Å². The van der Waals surface area contributed by atoms with Gasteiger partial charge in [-0.1, -0.05) is 6.07 Å². The zero-order valence-electron chi connectivity index (χ0n) is 10.8. The predicted octanol–water partition coefficient (Wildman–Crippen LogP) is 0.537. The molecule has 1 aromatic carbocycles. The Labute approximate surface area is 107 Å². The van der Waals surface area contributed by atoms with Gasteiger partial charge in [0.25, 0.3) is 0 Å². The van der Waals surface area contributed by atoms with E-state index in [1.54, 1.807) is 7.11 Å². The van der Waals surface area contributed by atoms with E-state index in [-0.39, 0.29) is 5.91 Å². The summed E-state index contributed by atoms with van der Waals surface area (Å²) in [7, 11) is 3.58. The van der Waals surface area contributed by atoms with Gasteiger partial charge >= 0.3 is 0 Å². The van der Waals surface area contributed by atoms with E-state index in [9.17, 15) is 4.79 Å². The van der Waals surface area contributed by atoms with Gasteiger partial charge in [-0.05, 0) is 19.2 Å². The maximum Gasteiger partial charge on any atom is 0.238 e. The van der Waals surface area contributed by atoms with Gasteiger partial charge in [-0.3, -0.25) is 9.69 Å². The van der Waals surface area contributed by atoms with Crippen molar-refractivity contribution in [2.75, 3.05) is 39.1 Å². The molecule has 2 N–H and O–H groups in total. The van der Waals surface area contributed by atoms with Gasteiger partial charge in [-0.15, -0.1) is 0 Å². The maximum absolute atomic E-state index is 11.9. The van der Waals surface area contributed by atoms with Gasteiger partial charge in [0.2, 0.25) is 5.91 Å². The second kappa shape index (κ2) is 5.84. The predicted molar refractivity (Wildman–Crippen MR) is 70.9 cm³/mol. The van der Waals surface area contributed by atoms with Crippen LogP contribution < -0.4 is 15.4 Å². The van der Waals surface area contributed by atoms with E-state index in [0.29, 0.717) is 12.6 Å². The molecule has 2 rings (SSSR count). The Morgan fingerprint density at radius 1 is 1.56 bits per heavy atom. The zero-order valence-corrected chi connectivity index (χ0v) is 10.8. The first kappa shape index (κ1) is 12.9. The van der Waals surface area contributed by atoms with Crippen LogP contribution in [0.1, 0.15) is 0 Å². The molecule has 1 aliphatic rings. The van der Waals surface area contributed by atoms with E-state index in [2.05, 4.69) is 15.5 Å². The Morgan fingerprint density at radius 2 is 2.33 bits per heavy atom. The topological polar surface area (TPSA) is 53.6 Å². The number of ether oxygens (including phenoxy) is 1. The number of hydrogen-bond donors (Lipinski definition) is 2. The average Bonchev–Trinajstić information content (AvgIpc) is 2.26. The van der Waals surface area contributed by atoms with Crippen LogP contribution in [0.2, 0.25) is 0 Å². The van der Waals surface area contributed by atoms with Crippen LogP contribution in [0.3, 0.4) is 0 Å². The van der Waals surface area contributed by atoms with Crippen LogP contribution in [0.4, 0.5) is 5.69 Å². The first-order valence-corrected chi connectivity index (χ1v) is 6.04. The summed E-state index contributed by atoms with van der Waals surface area (Å²) < 4.78 is 5.11. The lowest BCUT2D eigenvalue weighted by molar-refractivity contribution is -0.117. The van der Waals surface area contributed by atoms with Crippen molar-refractivity contribution in [3.8, 4) is 5.75 Å². The van der Waals surface area contributed by atoms with Crippen LogP contribution in [0.15, 0.2) is 24.3 Å². The molecule has 5 nitrogen and oxygen atoms in total. The number of likely N-dealkylation sites (N-methyl/N-ethyl adjacent to an activating group) is 1. The number of carbonyl (C=O) groups excluding carboxylic acids is 1. The Morgan fingerprint density at radius 3 is 2.94 bits per heavy atom. The van der Waals surface area contributed by atoms with E-state index in [0.717, 1.165) is 24.5 Å². The van der Waals surface area contributed by atoms with Gasteiger partial charge in [0, 0.05) is 30.9 Å². The normalized spacial score (nSPS) is 15.3. The van der Waals surface area contributed by atoms with Crippen molar-refractivity contribution >= 4 is 11.6 Å². The van der Waals surface area contributed by atoms with Gasteiger partial charge in [0.1, 0.15) is 5.75 Å². The van der Waals surface area contributed by atoms with Gasteiger partial charge in [-0.25, -0.2) is 0 Å². The minimum Gasteiger partial charge on any atom is -0.497 e. The highest BCUT2D eigenvalue weighted by atomic mass is 16.5. The van der Waals surface area contributed by atoms with E-state index >= 15 is 0 Å². The lowest BCUT2D eigenvalue weighted by atomic mass is 10.1. The van der Waals surface area contributed by atoms with Crippen molar-refractivity contribution < 1.29 is 9.53 Å². The molecular weight excluding hydrogens is 230 g/mol. The van der Waals surface area contributed by atoms with E-state index in [4.69, 9.17) is 4.74 Å². The van der Waals surface area contributed by atoms with Crippen molar-refractivity contribution in [2.24, 2.45) is 0 Å². The van der Waals surface area contributed by atoms with E-state index < -0.39 is 0 Å². The number of benzene rings is 1.